The lowest BCUT2D eigenvalue weighted by Gasteiger charge is -2.48. The Hall–Kier alpha value is -2.13. The number of nitrogens with zero attached hydrogens (tertiary/aromatic N) is 2. The van der Waals surface area contributed by atoms with E-state index in [4.69, 9.17) is 4.42 Å². The van der Waals surface area contributed by atoms with Crippen LogP contribution in [0.3, 0.4) is 0 Å². The van der Waals surface area contributed by atoms with Crippen LogP contribution in [0.2, 0.25) is 0 Å². The molecular formula is C21H20IN3O3. The molecule has 1 aromatic heterocycles. The van der Waals surface area contributed by atoms with Gasteiger partial charge in [0.05, 0.1) is 21.2 Å². The van der Waals surface area contributed by atoms with Gasteiger partial charge in [0.15, 0.2) is 5.58 Å². The van der Waals surface area contributed by atoms with Crippen molar-refractivity contribution in [3.63, 3.8) is 0 Å². The Bertz CT molecular complexity index is 1040. The van der Waals surface area contributed by atoms with Gasteiger partial charge in [0.2, 0.25) is 5.89 Å². The van der Waals surface area contributed by atoms with Crippen LogP contribution in [0.25, 0.3) is 22.6 Å². The van der Waals surface area contributed by atoms with E-state index in [2.05, 4.69) is 37.8 Å². The minimum atomic E-state index is -0.122. The van der Waals surface area contributed by atoms with Crippen LogP contribution in [0, 0.1) is 5.92 Å². The average molecular weight is 489 g/mol. The second-order valence-electron chi connectivity index (χ2n) is 7.43. The molecule has 0 radical (unpaired) electrons. The monoisotopic (exact) mass is 489 g/mol. The highest BCUT2D eigenvalue weighted by molar-refractivity contribution is 14.1. The largest absolute Gasteiger partial charge is 0.507 e. The van der Waals surface area contributed by atoms with E-state index in [1.807, 2.05) is 6.07 Å². The van der Waals surface area contributed by atoms with Crippen molar-refractivity contribution in [2.45, 2.75) is 22.9 Å². The normalized spacial score (nSPS) is 26.5. The van der Waals surface area contributed by atoms with Gasteiger partial charge in [0, 0.05) is 0 Å². The number of amides is 1. The maximum Gasteiger partial charge on any atom is 0.253 e. The molecule has 0 aliphatic carbocycles. The second-order valence-corrected chi connectivity index (χ2v) is 8.71. The third-order valence-corrected chi connectivity index (χ3v) is 7.39. The van der Waals surface area contributed by atoms with Crippen LogP contribution in [0.5, 0.6) is 5.75 Å². The summed E-state index contributed by atoms with van der Waals surface area (Å²) >= 11 is 2.45. The Morgan fingerprint density at radius 2 is 1.96 bits per heavy atom. The molecule has 0 spiro atoms. The van der Waals surface area contributed by atoms with E-state index < -0.39 is 0 Å². The first-order valence-electron chi connectivity index (χ1n) is 9.49. The summed E-state index contributed by atoms with van der Waals surface area (Å²) in [6, 6.07) is 12.4. The molecule has 4 heterocycles. The zero-order valence-corrected chi connectivity index (χ0v) is 17.3. The number of nitrogens with one attached hydrogen (secondary N) is 1. The van der Waals surface area contributed by atoms with E-state index in [0.717, 1.165) is 25.9 Å². The number of oxazole rings is 1. The van der Waals surface area contributed by atoms with Gasteiger partial charge in [0.25, 0.3) is 5.91 Å². The summed E-state index contributed by atoms with van der Waals surface area (Å²) in [7, 11) is 0. The van der Waals surface area contributed by atoms with Crippen LogP contribution in [0.1, 0.15) is 23.2 Å². The number of carbonyl (C=O) groups is 1. The van der Waals surface area contributed by atoms with Crippen molar-refractivity contribution >= 4 is 39.6 Å². The predicted octanol–water partition coefficient (Wildman–Crippen LogP) is 3.79. The van der Waals surface area contributed by atoms with Gasteiger partial charge in [-0.2, -0.15) is 0 Å². The summed E-state index contributed by atoms with van der Waals surface area (Å²) in [5, 5.41) is 13.3. The molecule has 1 amide bonds. The number of para-hydroxylation sites is 2. The van der Waals surface area contributed by atoms with E-state index in [-0.39, 0.29) is 17.7 Å². The number of phenols is 1. The molecule has 7 heteroatoms. The van der Waals surface area contributed by atoms with Crippen LogP contribution >= 0.6 is 22.6 Å². The summed E-state index contributed by atoms with van der Waals surface area (Å²) in [6.07, 6.45) is 2.27. The molecule has 2 bridgehead atoms. The highest BCUT2D eigenvalue weighted by Gasteiger charge is 2.41. The minimum absolute atomic E-state index is 0.0973. The van der Waals surface area contributed by atoms with Gasteiger partial charge in [-0.3, -0.25) is 9.69 Å². The maximum absolute atomic E-state index is 13.1. The Morgan fingerprint density at radius 1 is 1.18 bits per heavy atom. The molecule has 3 saturated heterocycles. The first-order valence-corrected chi connectivity index (χ1v) is 10.7. The molecular weight excluding hydrogens is 469 g/mol. The number of rotatable bonds is 3. The van der Waals surface area contributed by atoms with Crippen molar-refractivity contribution in [1.82, 2.24) is 15.2 Å². The number of hydrogen-bond donors (Lipinski definition) is 2. The molecule has 6 nitrogen and oxygen atoms in total. The Labute approximate surface area is 176 Å². The first kappa shape index (κ1) is 17.9. The Morgan fingerprint density at radius 3 is 2.71 bits per heavy atom. The van der Waals surface area contributed by atoms with Crippen molar-refractivity contribution in [3.05, 3.63) is 48.0 Å². The van der Waals surface area contributed by atoms with E-state index in [1.165, 1.54) is 0 Å². The molecule has 3 aromatic rings. The smallest absolute Gasteiger partial charge is 0.253 e. The minimum Gasteiger partial charge on any atom is -0.507 e. The van der Waals surface area contributed by atoms with Crippen molar-refractivity contribution in [3.8, 4) is 17.2 Å². The third-order valence-electron chi connectivity index (χ3n) is 5.82. The molecule has 28 heavy (non-hydrogen) atoms. The standard InChI is InChI=1S/C21H20IN3O3/c22-19-17(12-8-10-25(19)11-9-12)23-20(27)14-5-3-7-16-18(14)24-21(28-16)13-4-1-2-6-15(13)26/h1-7,12,17,19,26H,8-11H2,(H,23,27). The van der Waals surface area contributed by atoms with Crippen LogP contribution in [0.4, 0.5) is 0 Å². The van der Waals surface area contributed by atoms with Gasteiger partial charge in [-0.25, -0.2) is 4.98 Å². The van der Waals surface area contributed by atoms with Crippen LogP contribution in [0.15, 0.2) is 46.9 Å². The number of hydrogen-bond acceptors (Lipinski definition) is 5. The quantitative estimate of drug-likeness (QED) is 0.333. The van der Waals surface area contributed by atoms with E-state index in [0.29, 0.717) is 38.1 Å². The zero-order chi connectivity index (χ0) is 19.3. The van der Waals surface area contributed by atoms with Gasteiger partial charge in [0.1, 0.15) is 11.3 Å². The van der Waals surface area contributed by atoms with Crippen molar-refractivity contribution in [2.75, 3.05) is 13.1 Å². The highest BCUT2D eigenvalue weighted by Crippen LogP contribution is 2.36. The van der Waals surface area contributed by atoms with E-state index in [9.17, 15) is 9.90 Å². The molecule has 2 unspecified atom stereocenters. The number of aromatic hydroxyl groups is 1. The first-order chi connectivity index (χ1) is 13.6. The fourth-order valence-corrected chi connectivity index (χ4v) is 5.62. The number of fused-ring (bicyclic) bond motifs is 4. The van der Waals surface area contributed by atoms with E-state index >= 15 is 0 Å². The Kier molecular flexibility index (Phi) is 4.51. The summed E-state index contributed by atoms with van der Waals surface area (Å²) in [4.78, 5) is 20.1. The van der Waals surface area contributed by atoms with Crippen LogP contribution in [-0.2, 0) is 0 Å². The summed E-state index contributed by atoms with van der Waals surface area (Å²) in [5.74, 6) is 0.815. The number of aromatic nitrogens is 1. The molecule has 2 atom stereocenters. The number of piperidine rings is 3. The van der Waals surface area contributed by atoms with Gasteiger partial charge in [-0.15, -0.1) is 0 Å². The molecule has 3 aliphatic rings. The topological polar surface area (TPSA) is 78.6 Å². The number of halogens is 1. The summed E-state index contributed by atoms with van der Waals surface area (Å²) in [5.41, 5.74) is 2.06. The molecule has 6 rings (SSSR count). The number of carbonyl (C=O) groups excluding carboxylic acids is 1. The third kappa shape index (κ3) is 2.97. The van der Waals surface area contributed by atoms with Crippen molar-refractivity contribution < 1.29 is 14.3 Å². The summed E-state index contributed by atoms with van der Waals surface area (Å²) in [6.45, 7) is 2.24. The molecule has 0 saturated carbocycles. The van der Waals surface area contributed by atoms with Gasteiger partial charge in [-0.1, -0.05) is 40.8 Å². The van der Waals surface area contributed by atoms with Crippen molar-refractivity contribution in [1.29, 1.82) is 0 Å². The lowest BCUT2D eigenvalue weighted by atomic mass is 9.84. The van der Waals surface area contributed by atoms with E-state index in [1.54, 1.807) is 36.4 Å². The fourth-order valence-electron chi connectivity index (χ4n) is 4.29. The SMILES string of the molecule is O=C(NC1C2CCN(CC2)C1I)c1cccc2oc(-c3ccccc3O)nc12. The fraction of sp³-hybridized carbons (Fsp3) is 0.333. The van der Waals surface area contributed by atoms with Gasteiger partial charge in [-0.05, 0) is 56.1 Å². The molecule has 2 N–H and O–H groups in total. The zero-order valence-electron chi connectivity index (χ0n) is 15.1. The van der Waals surface area contributed by atoms with Crippen LogP contribution < -0.4 is 5.32 Å². The van der Waals surface area contributed by atoms with Gasteiger partial charge < -0.3 is 14.8 Å². The molecule has 3 aliphatic heterocycles. The van der Waals surface area contributed by atoms with Crippen LogP contribution in [-0.4, -0.2) is 44.1 Å². The molecule has 144 valence electrons. The second kappa shape index (κ2) is 7.04. The lowest BCUT2D eigenvalue weighted by molar-refractivity contribution is 0.0554. The van der Waals surface area contributed by atoms with Gasteiger partial charge >= 0.3 is 0 Å². The summed E-state index contributed by atoms with van der Waals surface area (Å²) < 4.78 is 6.15. The highest BCUT2D eigenvalue weighted by atomic mass is 127. The average Bonchev–Trinajstić information content (AvgIpc) is 3.15. The number of phenolic OH excluding ortho intramolecular Hbond substituents is 1. The Balaban J connectivity index is 1.47. The number of alkyl halides is 1. The predicted molar refractivity (Wildman–Crippen MR) is 114 cm³/mol. The maximum atomic E-state index is 13.1. The van der Waals surface area contributed by atoms with Crippen molar-refractivity contribution in [2.24, 2.45) is 5.92 Å². The number of benzene rings is 2. The molecule has 3 fully saturated rings. The lowest BCUT2D eigenvalue weighted by Crippen LogP contribution is -2.61. The molecule has 2 aromatic carbocycles.